The Morgan fingerprint density at radius 1 is 1.04 bits per heavy atom. The van der Waals surface area contributed by atoms with Gasteiger partial charge in [-0.25, -0.2) is 0 Å². The first-order valence-electron chi connectivity index (χ1n) is 10.4. The Balaban J connectivity index is 2.31. The average molecular weight is 386 g/mol. The monoisotopic (exact) mass is 385 g/mol. The molecule has 4 nitrogen and oxygen atoms in total. The number of carbonyl (C=O) groups excluding carboxylic acids is 1. The van der Waals surface area contributed by atoms with E-state index in [1.165, 1.54) is 0 Å². The molecule has 154 valence electrons. The van der Waals surface area contributed by atoms with E-state index in [4.69, 9.17) is 9.47 Å². The lowest BCUT2D eigenvalue weighted by Gasteiger charge is -2.30. The Morgan fingerprint density at radius 3 is 2.32 bits per heavy atom. The quantitative estimate of drug-likeness (QED) is 0.542. The summed E-state index contributed by atoms with van der Waals surface area (Å²) < 4.78 is 12.0. The first-order valence-corrected chi connectivity index (χ1v) is 10.4. The average Bonchev–Trinajstić information content (AvgIpc) is 2.65. The molecule has 0 aliphatic heterocycles. The van der Waals surface area contributed by atoms with Crippen molar-refractivity contribution in [2.75, 3.05) is 18.5 Å². The summed E-state index contributed by atoms with van der Waals surface area (Å²) >= 11 is 0. The van der Waals surface area contributed by atoms with Crippen molar-refractivity contribution in [3.05, 3.63) is 36.4 Å². The maximum atomic E-state index is 13.2. The summed E-state index contributed by atoms with van der Waals surface area (Å²) in [5.41, 5.74) is -0.0643. The van der Waals surface area contributed by atoms with E-state index < -0.39 is 5.60 Å². The fraction of sp³-hybridized carbons (Fsp3) is 0.542. The van der Waals surface area contributed by atoms with Crippen LogP contribution in [0, 0.1) is 11.8 Å². The van der Waals surface area contributed by atoms with Crippen LogP contribution in [0.3, 0.4) is 0 Å². The zero-order valence-corrected chi connectivity index (χ0v) is 18.2. The smallest absolute Gasteiger partial charge is 0.256 e. The molecule has 0 aromatic heterocycles. The van der Waals surface area contributed by atoms with Gasteiger partial charge in [-0.3, -0.25) is 4.79 Å². The Kier molecular flexibility index (Phi) is 7.88. The van der Waals surface area contributed by atoms with Gasteiger partial charge in [-0.2, -0.15) is 0 Å². The molecule has 2 aromatic rings. The molecule has 1 atom stereocenters. The fourth-order valence-electron chi connectivity index (χ4n) is 3.34. The maximum Gasteiger partial charge on any atom is 0.256 e. The molecule has 0 bridgehead atoms. The van der Waals surface area contributed by atoms with E-state index in [0.29, 0.717) is 31.5 Å². The van der Waals surface area contributed by atoms with Crippen molar-refractivity contribution in [2.24, 2.45) is 11.8 Å². The van der Waals surface area contributed by atoms with Gasteiger partial charge in [0, 0.05) is 23.1 Å². The number of nitrogens with one attached hydrogen (secondary N) is 1. The summed E-state index contributed by atoms with van der Waals surface area (Å²) in [6.45, 7) is 13.6. The summed E-state index contributed by atoms with van der Waals surface area (Å²) in [6.07, 6.45) is 1.55. The largest absolute Gasteiger partial charge is 0.493 e. The van der Waals surface area contributed by atoms with Crippen molar-refractivity contribution < 1.29 is 14.3 Å². The van der Waals surface area contributed by atoms with E-state index in [0.717, 1.165) is 28.6 Å². The lowest BCUT2D eigenvalue weighted by Crippen LogP contribution is -2.44. The molecule has 1 N–H and O–H groups in total. The molecule has 0 unspecified atom stereocenters. The van der Waals surface area contributed by atoms with Gasteiger partial charge < -0.3 is 14.8 Å². The number of hydrogen-bond acceptors (Lipinski definition) is 3. The highest BCUT2D eigenvalue weighted by molar-refractivity contribution is 6.06. The number of benzene rings is 2. The zero-order chi connectivity index (χ0) is 20.7. The van der Waals surface area contributed by atoms with Gasteiger partial charge in [-0.15, -0.1) is 0 Å². The minimum Gasteiger partial charge on any atom is -0.493 e. The van der Waals surface area contributed by atoms with Crippen molar-refractivity contribution in [1.29, 1.82) is 0 Å². The van der Waals surface area contributed by atoms with Crippen molar-refractivity contribution in [3.63, 3.8) is 0 Å². The second kappa shape index (κ2) is 9.92. The molecular formula is C24H35NO3. The van der Waals surface area contributed by atoms with Gasteiger partial charge in [0.25, 0.3) is 5.91 Å². The van der Waals surface area contributed by atoms with Crippen LogP contribution in [0.4, 0.5) is 5.69 Å². The van der Waals surface area contributed by atoms with Crippen LogP contribution in [-0.2, 0) is 9.53 Å². The molecule has 0 aliphatic rings. The lowest BCUT2D eigenvalue weighted by atomic mass is 9.92. The molecule has 2 aromatic carbocycles. The third kappa shape index (κ3) is 5.71. The van der Waals surface area contributed by atoms with Gasteiger partial charge in [0.05, 0.1) is 6.61 Å². The summed E-state index contributed by atoms with van der Waals surface area (Å²) in [6, 6.07) is 11.9. The molecule has 0 radical (unpaired) electrons. The van der Waals surface area contributed by atoms with Gasteiger partial charge in [-0.05, 0) is 43.7 Å². The van der Waals surface area contributed by atoms with E-state index in [2.05, 4.69) is 39.9 Å². The van der Waals surface area contributed by atoms with Gasteiger partial charge in [-0.1, -0.05) is 58.9 Å². The number of amides is 1. The Bertz CT molecular complexity index is 785. The predicted molar refractivity (Wildman–Crippen MR) is 117 cm³/mol. The SMILES string of the molecule is CCCO[C@](C)(CC(C)C)C(=O)Nc1ccc(OCC(C)C)c2ccccc12. The highest BCUT2D eigenvalue weighted by Gasteiger charge is 2.35. The van der Waals surface area contributed by atoms with Crippen molar-refractivity contribution in [2.45, 2.75) is 60.0 Å². The maximum absolute atomic E-state index is 13.2. The molecule has 0 saturated carbocycles. The van der Waals surface area contributed by atoms with Crippen molar-refractivity contribution in [3.8, 4) is 5.75 Å². The van der Waals surface area contributed by atoms with Gasteiger partial charge in [0.2, 0.25) is 0 Å². The Morgan fingerprint density at radius 2 is 1.71 bits per heavy atom. The number of carbonyl (C=O) groups is 1. The first kappa shape index (κ1) is 22.2. The fourth-order valence-corrected chi connectivity index (χ4v) is 3.34. The lowest BCUT2D eigenvalue weighted by molar-refractivity contribution is -0.141. The highest BCUT2D eigenvalue weighted by atomic mass is 16.5. The standard InChI is InChI=1S/C24H35NO3/c1-7-14-28-24(6,15-17(2)3)23(26)25-21-12-13-22(27-16-18(4)5)20-11-9-8-10-19(20)21/h8-13,17-18H,7,14-16H2,1-6H3,(H,25,26)/t24-/m1/s1. The number of ether oxygens (including phenoxy) is 2. The number of anilines is 1. The van der Waals surface area contributed by atoms with Crippen LogP contribution in [0.15, 0.2) is 36.4 Å². The van der Waals surface area contributed by atoms with E-state index in [-0.39, 0.29) is 5.91 Å². The molecular weight excluding hydrogens is 350 g/mol. The predicted octanol–water partition coefficient (Wildman–Crippen LogP) is 6.04. The van der Waals surface area contributed by atoms with Crippen LogP contribution >= 0.6 is 0 Å². The van der Waals surface area contributed by atoms with Gasteiger partial charge >= 0.3 is 0 Å². The molecule has 0 heterocycles. The molecule has 0 aliphatic carbocycles. The first-order chi connectivity index (χ1) is 13.3. The molecule has 0 saturated heterocycles. The summed E-state index contributed by atoms with van der Waals surface area (Å²) in [7, 11) is 0. The molecule has 1 amide bonds. The Labute approximate surface area is 169 Å². The molecule has 28 heavy (non-hydrogen) atoms. The molecule has 4 heteroatoms. The van der Waals surface area contributed by atoms with Crippen LogP contribution < -0.4 is 10.1 Å². The normalized spacial score (nSPS) is 13.7. The topological polar surface area (TPSA) is 47.6 Å². The van der Waals surface area contributed by atoms with Crippen molar-refractivity contribution >= 4 is 22.4 Å². The van der Waals surface area contributed by atoms with E-state index in [9.17, 15) is 4.79 Å². The highest BCUT2D eigenvalue weighted by Crippen LogP contribution is 2.33. The summed E-state index contributed by atoms with van der Waals surface area (Å²) in [5, 5.41) is 5.09. The molecule has 0 fully saturated rings. The molecule has 0 spiro atoms. The van der Waals surface area contributed by atoms with Crippen LogP contribution in [0.25, 0.3) is 10.8 Å². The number of hydrogen-bond donors (Lipinski definition) is 1. The van der Waals surface area contributed by atoms with Crippen molar-refractivity contribution in [1.82, 2.24) is 0 Å². The van der Waals surface area contributed by atoms with E-state index in [1.807, 2.05) is 43.3 Å². The zero-order valence-electron chi connectivity index (χ0n) is 18.2. The number of rotatable bonds is 10. The minimum absolute atomic E-state index is 0.101. The minimum atomic E-state index is -0.849. The van der Waals surface area contributed by atoms with Gasteiger partial charge in [0.1, 0.15) is 11.4 Å². The van der Waals surface area contributed by atoms with Gasteiger partial charge in [0.15, 0.2) is 0 Å². The second-order valence-electron chi connectivity index (χ2n) is 8.49. The van der Waals surface area contributed by atoms with E-state index >= 15 is 0 Å². The van der Waals surface area contributed by atoms with Crippen LogP contribution in [0.5, 0.6) is 5.75 Å². The molecule has 2 rings (SSSR count). The third-order valence-electron chi connectivity index (χ3n) is 4.61. The second-order valence-corrected chi connectivity index (χ2v) is 8.49. The summed E-state index contributed by atoms with van der Waals surface area (Å²) in [5.74, 6) is 1.55. The Hall–Kier alpha value is -2.07. The van der Waals surface area contributed by atoms with Crippen LogP contribution in [0.2, 0.25) is 0 Å². The number of fused-ring (bicyclic) bond motifs is 1. The van der Waals surface area contributed by atoms with E-state index in [1.54, 1.807) is 0 Å². The third-order valence-corrected chi connectivity index (χ3v) is 4.61. The van der Waals surface area contributed by atoms with Crippen LogP contribution in [0.1, 0.15) is 54.4 Å². The summed E-state index contributed by atoms with van der Waals surface area (Å²) in [4.78, 5) is 13.2. The van der Waals surface area contributed by atoms with Crippen LogP contribution in [-0.4, -0.2) is 24.7 Å².